The van der Waals surface area contributed by atoms with E-state index < -0.39 is 6.10 Å². The van der Waals surface area contributed by atoms with Crippen molar-refractivity contribution in [1.82, 2.24) is 0 Å². The van der Waals surface area contributed by atoms with Crippen molar-refractivity contribution in [2.75, 3.05) is 20.8 Å². The van der Waals surface area contributed by atoms with Gasteiger partial charge in [0.2, 0.25) is 0 Å². The summed E-state index contributed by atoms with van der Waals surface area (Å²) in [5.74, 6) is 3.25. The van der Waals surface area contributed by atoms with Crippen LogP contribution in [0.3, 0.4) is 0 Å². The van der Waals surface area contributed by atoms with Crippen molar-refractivity contribution in [3.8, 4) is 23.5 Å². The summed E-state index contributed by atoms with van der Waals surface area (Å²) >= 11 is 0. The highest BCUT2D eigenvalue weighted by Crippen LogP contribution is 2.44. The molecule has 1 fully saturated rings. The van der Waals surface area contributed by atoms with Gasteiger partial charge in [-0.3, -0.25) is 4.79 Å². The van der Waals surface area contributed by atoms with Gasteiger partial charge in [0.05, 0.1) is 32.8 Å². The number of hydrogen-bond acceptors (Lipinski definition) is 5. The van der Waals surface area contributed by atoms with Gasteiger partial charge in [0.1, 0.15) is 11.9 Å². The van der Waals surface area contributed by atoms with Crippen LogP contribution >= 0.6 is 0 Å². The van der Waals surface area contributed by atoms with Crippen LogP contribution in [0.5, 0.6) is 11.5 Å². The SMILES string of the molecule is C=C(c1ccc(OC)c(OC)c1)[C@H]1CO[C@H](c2ccc(F)cc2)[C@H]1C#COC(=O)CC(C)C. The van der Waals surface area contributed by atoms with E-state index in [1.165, 1.54) is 12.1 Å². The molecule has 2 aromatic carbocycles. The van der Waals surface area contributed by atoms with Gasteiger partial charge in [0.25, 0.3) is 0 Å². The predicted octanol–water partition coefficient (Wildman–Crippen LogP) is 5.41. The van der Waals surface area contributed by atoms with E-state index in [0.29, 0.717) is 24.5 Å². The molecule has 6 heteroatoms. The number of hydrogen-bond donors (Lipinski definition) is 0. The van der Waals surface area contributed by atoms with Gasteiger partial charge in [-0.05, 0) is 46.9 Å². The number of halogens is 1. The number of carbonyl (C=O) groups is 1. The summed E-state index contributed by atoms with van der Waals surface area (Å²) in [5.41, 5.74) is 2.48. The highest BCUT2D eigenvalue weighted by Gasteiger charge is 2.39. The molecule has 0 N–H and O–H groups in total. The Morgan fingerprint density at radius 3 is 2.48 bits per heavy atom. The number of methoxy groups -OCH3 is 2. The van der Waals surface area contributed by atoms with Crippen molar-refractivity contribution in [3.05, 3.63) is 66.0 Å². The van der Waals surface area contributed by atoms with Gasteiger partial charge in [0, 0.05) is 12.3 Å². The van der Waals surface area contributed by atoms with Crippen LogP contribution in [0.25, 0.3) is 5.57 Å². The van der Waals surface area contributed by atoms with Crippen LogP contribution < -0.4 is 9.47 Å². The van der Waals surface area contributed by atoms with E-state index in [4.69, 9.17) is 18.9 Å². The molecule has 5 nitrogen and oxygen atoms in total. The summed E-state index contributed by atoms with van der Waals surface area (Å²) in [5, 5.41) is 0. The van der Waals surface area contributed by atoms with Gasteiger partial charge < -0.3 is 18.9 Å². The second-order valence-electron chi connectivity index (χ2n) is 8.35. The van der Waals surface area contributed by atoms with Gasteiger partial charge >= 0.3 is 5.97 Å². The van der Waals surface area contributed by atoms with Gasteiger partial charge in [-0.2, -0.15) is 0 Å². The Labute approximate surface area is 194 Å². The van der Waals surface area contributed by atoms with Crippen LogP contribution in [0.4, 0.5) is 4.39 Å². The van der Waals surface area contributed by atoms with Crippen molar-refractivity contribution in [3.63, 3.8) is 0 Å². The molecule has 1 aliphatic rings. The van der Waals surface area contributed by atoms with Crippen molar-refractivity contribution >= 4 is 11.5 Å². The largest absolute Gasteiger partial charge is 0.493 e. The van der Waals surface area contributed by atoms with Crippen molar-refractivity contribution in [1.29, 1.82) is 0 Å². The Hall–Kier alpha value is -3.30. The molecule has 1 saturated heterocycles. The number of carbonyl (C=O) groups excluding carboxylic acids is 1. The summed E-state index contributed by atoms with van der Waals surface area (Å²) in [6.07, 6.45) is 2.46. The standard InChI is InChI=1S/C27H29FO5/c1-17(2)14-26(29)32-13-12-22-23(16-33-27(22)19-6-9-21(28)10-7-19)18(3)20-8-11-24(30-4)25(15-20)31-5/h6-11,15,17,22-23,27H,3,14,16H2,1-2,4-5H3/t22-,23+,27+/m0/s1. The maximum atomic E-state index is 13.5. The smallest absolute Gasteiger partial charge is 0.320 e. The molecule has 2 aromatic rings. The molecule has 0 saturated carbocycles. The second-order valence-corrected chi connectivity index (χ2v) is 8.35. The molecular formula is C27H29FO5. The lowest BCUT2D eigenvalue weighted by molar-refractivity contribution is -0.137. The van der Waals surface area contributed by atoms with Gasteiger partial charge in [-0.1, -0.05) is 44.5 Å². The Balaban J connectivity index is 1.89. The fraction of sp³-hybridized carbons (Fsp3) is 0.370. The van der Waals surface area contributed by atoms with Crippen LogP contribution in [-0.2, 0) is 14.3 Å². The van der Waals surface area contributed by atoms with E-state index in [1.54, 1.807) is 26.4 Å². The molecule has 0 amide bonds. The summed E-state index contributed by atoms with van der Waals surface area (Å²) in [6.45, 7) is 8.55. The van der Waals surface area contributed by atoms with Crippen molar-refractivity contribution < 1.29 is 28.1 Å². The lowest BCUT2D eigenvalue weighted by atomic mass is 9.81. The topological polar surface area (TPSA) is 54.0 Å². The van der Waals surface area contributed by atoms with Crippen LogP contribution in [0, 0.1) is 35.6 Å². The first-order chi connectivity index (χ1) is 15.8. The predicted molar refractivity (Wildman–Crippen MR) is 124 cm³/mol. The lowest BCUT2D eigenvalue weighted by Gasteiger charge is -2.20. The number of rotatable bonds is 7. The third-order valence-corrected chi connectivity index (χ3v) is 5.58. The van der Waals surface area contributed by atoms with E-state index in [-0.39, 0.29) is 29.5 Å². The highest BCUT2D eigenvalue weighted by molar-refractivity contribution is 5.71. The summed E-state index contributed by atoms with van der Waals surface area (Å²) in [4.78, 5) is 11.9. The minimum atomic E-state index is -0.413. The molecule has 0 radical (unpaired) electrons. The fourth-order valence-electron chi connectivity index (χ4n) is 3.85. The molecule has 33 heavy (non-hydrogen) atoms. The average Bonchev–Trinajstić information content (AvgIpc) is 3.21. The molecular weight excluding hydrogens is 423 g/mol. The monoisotopic (exact) mass is 452 g/mol. The molecule has 0 aliphatic carbocycles. The van der Waals surface area contributed by atoms with Crippen molar-refractivity contribution in [2.24, 2.45) is 17.8 Å². The maximum Gasteiger partial charge on any atom is 0.320 e. The minimum Gasteiger partial charge on any atom is -0.493 e. The number of ether oxygens (including phenoxy) is 4. The van der Waals surface area contributed by atoms with E-state index in [2.05, 4.69) is 18.6 Å². The Morgan fingerprint density at radius 2 is 1.85 bits per heavy atom. The Kier molecular flexibility index (Phi) is 8.13. The number of esters is 1. The van der Waals surface area contributed by atoms with Gasteiger partial charge in [-0.15, -0.1) is 0 Å². The average molecular weight is 453 g/mol. The maximum absolute atomic E-state index is 13.5. The first-order valence-electron chi connectivity index (χ1n) is 10.8. The minimum absolute atomic E-state index is 0.172. The van der Waals surface area contributed by atoms with Crippen LogP contribution in [0.1, 0.15) is 37.5 Å². The molecule has 0 spiro atoms. The molecule has 1 aliphatic heterocycles. The zero-order chi connectivity index (χ0) is 24.0. The second kappa shape index (κ2) is 11.0. The Bertz CT molecular complexity index is 1050. The van der Waals surface area contributed by atoms with E-state index >= 15 is 0 Å². The zero-order valence-corrected chi connectivity index (χ0v) is 19.4. The van der Waals surface area contributed by atoms with E-state index in [0.717, 1.165) is 16.7 Å². The molecule has 0 aromatic heterocycles. The summed E-state index contributed by atoms with van der Waals surface area (Å²) in [6, 6.07) is 11.7. The van der Waals surface area contributed by atoms with E-state index in [1.807, 2.05) is 32.0 Å². The summed E-state index contributed by atoms with van der Waals surface area (Å²) in [7, 11) is 3.16. The van der Waals surface area contributed by atoms with Crippen molar-refractivity contribution in [2.45, 2.75) is 26.4 Å². The molecule has 174 valence electrons. The molecule has 3 rings (SSSR count). The fourth-order valence-corrected chi connectivity index (χ4v) is 3.85. The molecule has 0 unspecified atom stereocenters. The first kappa shape index (κ1) is 24.3. The van der Waals surface area contributed by atoms with Crippen LogP contribution in [0.2, 0.25) is 0 Å². The highest BCUT2D eigenvalue weighted by atomic mass is 19.1. The van der Waals surface area contributed by atoms with Crippen LogP contribution in [-0.4, -0.2) is 26.8 Å². The van der Waals surface area contributed by atoms with Gasteiger partial charge in [0.15, 0.2) is 11.5 Å². The first-order valence-corrected chi connectivity index (χ1v) is 10.8. The number of benzene rings is 2. The Morgan fingerprint density at radius 1 is 1.15 bits per heavy atom. The molecule has 3 atom stereocenters. The lowest BCUT2D eigenvalue weighted by Crippen LogP contribution is -2.15. The van der Waals surface area contributed by atoms with Crippen LogP contribution in [0.15, 0.2) is 49.0 Å². The third-order valence-electron chi connectivity index (χ3n) is 5.58. The quantitative estimate of drug-likeness (QED) is 0.415. The summed E-state index contributed by atoms with van der Waals surface area (Å²) < 4.78 is 35.4. The normalized spacial score (nSPS) is 19.5. The van der Waals surface area contributed by atoms with Gasteiger partial charge in [-0.25, -0.2) is 4.39 Å². The van der Waals surface area contributed by atoms with E-state index in [9.17, 15) is 9.18 Å². The molecule has 0 bridgehead atoms. The third kappa shape index (κ3) is 5.94. The molecule has 1 heterocycles. The zero-order valence-electron chi connectivity index (χ0n) is 19.4.